The van der Waals surface area contributed by atoms with Gasteiger partial charge in [0.2, 0.25) is 0 Å². The average molecular weight is 1070 g/mol. The molecule has 7 heteroatoms. The molecule has 412 valence electrons. The second-order valence-electron chi connectivity index (χ2n) is 21.7. The first-order chi connectivity index (χ1) is 38.3. The number of hydrogen-bond donors (Lipinski definition) is 0. The first kappa shape index (κ1) is 65.9. The van der Waals surface area contributed by atoms with Crippen LogP contribution in [0.2, 0.25) is 0 Å². The molecule has 0 N–H and O–H groups in total. The second kappa shape index (κ2) is 33.1. The Morgan fingerprint density at radius 1 is 0.407 bits per heavy atom. The van der Waals surface area contributed by atoms with Crippen molar-refractivity contribution in [2.75, 3.05) is 0 Å². The van der Waals surface area contributed by atoms with Gasteiger partial charge in [-0.25, -0.2) is 9.97 Å². The van der Waals surface area contributed by atoms with Crippen LogP contribution in [0.15, 0.2) is 187 Å². The number of aromatic nitrogens is 4. The van der Waals surface area contributed by atoms with Gasteiger partial charge in [0, 0.05) is 63.0 Å². The molecule has 4 aromatic heterocycles. The standard InChI is InChI=1S/C13H10O.C10H15N.C10H7N.C9H14N2.C9H8.C8H11N.C8H7N.C7H8/c1-9-5-4-7-11-10-6-2-3-8-12(10)14-13(9)11;1-8-7-9(5-6-11-8)10(2,3)4;1-3-9-4-8(2)5-10(6-9)7-11;1-7-5-10-8(11-6-7)9(2,3)4;1-3-9-6-4-8(2)5-7-9;1-6-4-7(2)9-8(3)5-6;1-7-3-2-4-8(5-7)6-9;1-7-5-3-2-4-6-7/h2-8H,1H3;5-7H,1-4H3;1,4-6H,2H3;5-6H,1-4H3;1,4-7H,2H3;4-5H,1-3H3;2-5H,1H3;2-6H,1H3. The van der Waals surface area contributed by atoms with E-state index in [1.807, 2.05) is 158 Å². The Labute approximate surface area is 484 Å². The molecule has 10 aromatic rings. The summed E-state index contributed by atoms with van der Waals surface area (Å²) < 4.78 is 5.78. The van der Waals surface area contributed by atoms with Gasteiger partial charge in [-0.2, -0.15) is 10.5 Å². The quantitative estimate of drug-likeness (QED) is 0.139. The second-order valence-corrected chi connectivity index (χ2v) is 21.7. The Kier molecular flexibility index (Phi) is 26.9. The van der Waals surface area contributed by atoms with Crippen molar-refractivity contribution in [1.82, 2.24) is 19.9 Å². The predicted octanol–water partition coefficient (Wildman–Crippen LogP) is 18.4. The Hall–Kier alpha value is -9.40. The largest absolute Gasteiger partial charge is 0.456 e. The van der Waals surface area contributed by atoms with Crippen LogP contribution in [0.5, 0.6) is 0 Å². The summed E-state index contributed by atoms with van der Waals surface area (Å²) in [6, 6.07) is 57.9. The van der Waals surface area contributed by atoms with Crippen molar-refractivity contribution in [1.29, 1.82) is 10.5 Å². The highest BCUT2D eigenvalue weighted by Crippen LogP contribution is 2.30. The molecule has 0 saturated heterocycles. The van der Waals surface area contributed by atoms with Crippen LogP contribution in [0.3, 0.4) is 0 Å². The van der Waals surface area contributed by atoms with Crippen LogP contribution in [0.25, 0.3) is 21.9 Å². The molecule has 0 unspecified atom stereocenters. The van der Waals surface area contributed by atoms with E-state index in [-0.39, 0.29) is 10.8 Å². The molecule has 0 spiro atoms. The molecule has 81 heavy (non-hydrogen) atoms. The molecule has 0 aliphatic rings. The van der Waals surface area contributed by atoms with E-state index in [1.165, 1.54) is 38.6 Å². The van der Waals surface area contributed by atoms with Gasteiger partial charge in [0.15, 0.2) is 0 Å². The fourth-order valence-electron chi connectivity index (χ4n) is 7.55. The van der Waals surface area contributed by atoms with Crippen LogP contribution >= 0.6 is 0 Å². The molecule has 4 heterocycles. The van der Waals surface area contributed by atoms with Gasteiger partial charge in [0.25, 0.3) is 0 Å². The topological polar surface area (TPSA) is 112 Å². The molecule has 0 radical (unpaired) electrons. The van der Waals surface area contributed by atoms with Crippen molar-refractivity contribution in [2.24, 2.45) is 0 Å². The maximum absolute atomic E-state index is 8.56. The Bertz CT molecular complexity index is 3620. The third-order valence-corrected chi connectivity index (χ3v) is 11.7. The van der Waals surface area contributed by atoms with Crippen molar-refractivity contribution >= 4 is 21.9 Å². The SMILES string of the molecule is C#Cc1cc(C)cc(C#N)c1.C#Cc1ccc(C)cc1.Cc1cc(C(C)(C)C)ccn1.Cc1cc(C)nc(C)c1.Cc1cccc(C#N)c1.Cc1cccc2c1oc1ccccc12.Cc1ccccc1.Cc1cnc(C(C)(C)C)nc1. The molecule has 0 saturated carbocycles. The zero-order valence-electron chi connectivity index (χ0n) is 50.6. The molecule has 6 aromatic carbocycles. The van der Waals surface area contributed by atoms with Gasteiger partial charge in [-0.3, -0.25) is 9.97 Å². The molecular formula is C74H80N6O. The lowest BCUT2D eigenvalue weighted by Crippen LogP contribution is -2.15. The molecule has 0 aliphatic heterocycles. The van der Waals surface area contributed by atoms with Gasteiger partial charge >= 0.3 is 0 Å². The lowest BCUT2D eigenvalue weighted by molar-refractivity contribution is 0.544. The first-order valence-electron chi connectivity index (χ1n) is 26.9. The van der Waals surface area contributed by atoms with E-state index in [4.69, 9.17) is 27.8 Å². The number of furan rings is 1. The molecule has 0 amide bonds. The highest BCUT2D eigenvalue weighted by molar-refractivity contribution is 6.05. The minimum atomic E-state index is 0.0632. The molecular weight excluding hydrogens is 989 g/mol. The van der Waals surface area contributed by atoms with E-state index in [2.05, 4.69) is 161 Å². The summed E-state index contributed by atoms with van der Waals surface area (Å²) in [7, 11) is 0. The minimum Gasteiger partial charge on any atom is -0.456 e. The van der Waals surface area contributed by atoms with Crippen LogP contribution in [0.4, 0.5) is 0 Å². The number of terminal acetylenes is 2. The van der Waals surface area contributed by atoms with Crippen LogP contribution in [0, 0.1) is 117 Å². The lowest BCUT2D eigenvalue weighted by atomic mass is 9.87. The Morgan fingerprint density at radius 2 is 0.926 bits per heavy atom. The van der Waals surface area contributed by atoms with E-state index in [0.717, 1.165) is 67.5 Å². The van der Waals surface area contributed by atoms with Crippen LogP contribution in [0.1, 0.15) is 131 Å². The molecule has 10 rings (SSSR count). The number of nitriles is 2. The van der Waals surface area contributed by atoms with Crippen LogP contribution in [-0.2, 0) is 10.8 Å². The number of nitrogens with zero attached hydrogens (tertiary/aromatic N) is 6. The molecule has 0 aliphatic carbocycles. The van der Waals surface area contributed by atoms with Gasteiger partial charge < -0.3 is 4.42 Å². The molecule has 0 bridgehead atoms. The maximum Gasteiger partial charge on any atom is 0.138 e. The zero-order valence-corrected chi connectivity index (χ0v) is 50.6. The van der Waals surface area contributed by atoms with E-state index in [1.54, 1.807) is 18.2 Å². The van der Waals surface area contributed by atoms with Gasteiger partial charge in [-0.1, -0.05) is 156 Å². The summed E-state index contributed by atoms with van der Waals surface area (Å²) in [6.45, 7) is 33.2. The number of benzene rings is 6. The summed E-state index contributed by atoms with van der Waals surface area (Å²) in [4.78, 5) is 16.9. The summed E-state index contributed by atoms with van der Waals surface area (Å²) in [5, 5.41) is 19.4. The number of rotatable bonds is 0. The maximum atomic E-state index is 8.56. The number of para-hydroxylation sites is 2. The first-order valence-corrected chi connectivity index (χ1v) is 26.9. The number of fused-ring (bicyclic) bond motifs is 3. The van der Waals surface area contributed by atoms with Crippen LogP contribution in [-0.4, -0.2) is 19.9 Å². The normalized spacial score (nSPS) is 9.93. The van der Waals surface area contributed by atoms with E-state index >= 15 is 0 Å². The summed E-state index contributed by atoms with van der Waals surface area (Å²) >= 11 is 0. The highest BCUT2D eigenvalue weighted by Gasteiger charge is 2.16. The summed E-state index contributed by atoms with van der Waals surface area (Å²) in [6.07, 6.45) is 15.9. The van der Waals surface area contributed by atoms with E-state index in [0.29, 0.717) is 5.56 Å². The van der Waals surface area contributed by atoms with Crippen molar-refractivity contribution < 1.29 is 4.42 Å². The number of pyridine rings is 2. The fourth-order valence-corrected chi connectivity index (χ4v) is 7.55. The summed E-state index contributed by atoms with van der Waals surface area (Å²) in [5.74, 6) is 5.95. The summed E-state index contributed by atoms with van der Waals surface area (Å²) in [5.41, 5.74) is 18.3. The smallest absolute Gasteiger partial charge is 0.138 e. The van der Waals surface area contributed by atoms with Crippen molar-refractivity contribution in [3.05, 3.63) is 272 Å². The highest BCUT2D eigenvalue weighted by atomic mass is 16.3. The minimum absolute atomic E-state index is 0.0632. The third-order valence-electron chi connectivity index (χ3n) is 11.7. The fraction of sp³-hybridized carbons (Fsp3) is 0.243. The monoisotopic (exact) mass is 1070 g/mol. The predicted molar refractivity (Wildman–Crippen MR) is 340 cm³/mol. The molecule has 7 nitrogen and oxygen atoms in total. The number of aryl methyl sites for hydroxylation is 10. The van der Waals surface area contributed by atoms with Crippen molar-refractivity contribution in [3.8, 4) is 36.8 Å². The average Bonchev–Trinajstić information content (AvgIpc) is 4.00. The van der Waals surface area contributed by atoms with Gasteiger partial charge in [-0.15, -0.1) is 12.8 Å². The van der Waals surface area contributed by atoms with Crippen molar-refractivity contribution in [2.45, 2.75) is 122 Å². The lowest BCUT2D eigenvalue weighted by Gasteiger charge is -2.18. The van der Waals surface area contributed by atoms with E-state index in [9.17, 15) is 0 Å². The van der Waals surface area contributed by atoms with Crippen LogP contribution < -0.4 is 0 Å². The Morgan fingerprint density at radius 3 is 1.42 bits per heavy atom. The number of hydrogen-bond acceptors (Lipinski definition) is 7. The zero-order chi connectivity index (χ0) is 60.1. The third kappa shape index (κ3) is 24.9. The van der Waals surface area contributed by atoms with Gasteiger partial charge in [-0.05, 0) is 181 Å². The Balaban J connectivity index is 0.000000245. The van der Waals surface area contributed by atoms with Crippen molar-refractivity contribution in [3.63, 3.8) is 0 Å². The molecule has 0 atom stereocenters. The van der Waals surface area contributed by atoms with Gasteiger partial charge in [0.05, 0.1) is 23.3 Å². The molecule has 0 fully saturated rings. The van der Waals surface area contributed by atoms with Gasteiger partial charge in [0.1, 0.15) is 17.0 Å². The van der Waals surface area contributed by atoms with E-state index < -0.39 is 0 Å².